The van der Waals surface area contributed by atoms with Crippen LogP contribution in [0.1, 0.15) is 31.4 Å². The molecule has 0 saturated heterocycles. The Hall–Kier alpha value is -2.21. The Labute approximate surface area is 143 Å². The molecule has 1 aromatic carbocycles. The van der Waals surface area contributed by atoms with Gasteiger partial charge < -0.3 is 25.2 Å². The number of rotatable bonds is 7. The van der Waals surface area contributed by atoms with Gasteiger partial charge in [-0.1, -0.05) is 12.2 Å². The Morgan fingerprint density at radius 3 is 2.67 bits per heavy atom. The van der Waals surface area contributed by atoms with Crippen LogP contribution in [0.3, 0.4) is 0 Å². The number of aliphatic hydroxyl groups is 1. The number of nitrogens with one attached hydrogen (secondary N) is 2. The van der Waals surface area contributed by atoms with Crippen LogP contribution in [0.25, 0.3) is 0 Å². The number of nitrogens with zero attached hydrogens (tertiary/aromatic N) is 1. The minimum absolute atomic E-state index is 0.235. The molecule has 0 fully saturated rings. The van der Waals surface area contributed by atoms with Gasteiger partial charge in [0.2, 0.25) is 0 Å². The van der Waals surface area contributed by atoms with E-state index < -0.39 is 6.10 Å². The number of guanidine groups is 1. The van der Waals surface area contributed by atoms with Gasteiger partial charge in [0.15, 0.2) is 5.96 Å². The van der Waals surface area contributed by atoms with Crippen molar-refractivity contribution < 1.29 is 14.6 Å². The maximum absolute atomic E-state index is 10.5. The summed E-state index contributed by atoms with van der Waals surface area (Å²) in [5, 5.41) is 17.1. The normalized spacial score (nSPS) is 16.1. The zero-order valence-electron chi connectivity index (χ0n) is 14.6. The van der Waals surface area contributed by atoms with Gasteiger partial charge in [-0.05, 0) is 38.0 Å². The van der Waals surface area contributed by atoms with Crippen molar-refractivity contribution >= 4 is 5.96 Å². The van der Waals surface area contributed by atoms with Crippen molar-refractivity contribution in [2.75, 3.05) is 27.3 Å². The Morgan fingerprint density at radius 1 is 1.29 bits per heavy atom. The summed E-state index contributed by atoms with van der Waals surface area (Å²) in [7, 11) is 3.18. The molecule has 0 bridgehead atoms. The molecule has 3 N–H and O–H groups in total. The summed E-state index contributed by atoms with van der Waals surface area (Å²) < 4.78 is 10.5. The molecule has 6 heteroatoms. The number of aliphatic hydroxyl groups excluding tert-OH is 1. The zero-order valence-corrected chi connectivity index (χ0v) is 14.6. The molecular weight excluding hydrogens is 306 g/mol. The van der Waals surface area contributed by atoms with Gasteiger partial charge in [-0.3, -0.25) is 4.99 Å². The topological polar surface area (TPSA) is 75.1 Å². The van der Waals surface area contributed by atoms with Gasteiger partial charge in [0.05, 0.1) is 20.8 Å². The van der Waals surface area contributed by atoms with Crippen molar-refractivity contribution in [1.82, 2.24) is 10.6 Å². The van der Waals surface area contributed by atoms with Crippen LogP contribution in [0, 0.1) is 0 Å². The van der Waals surface area contributed by atoms with E-state index in [2.05, 4.69) is 27.8 Å². The third kappa shape index (κ3) is 4.89. The van der Waals surface area contributed by atoms with Gasteiger partial charge in [0, 0.05) is 18.2 Å². The second kappa shape index (κ2) is 9.17. The van der Waals surface area contributed by atoms with E-state index >= 15 is 0 Å². The number of benzene rings is 1. The third-order valence-corrected chi connectivity index (χ3v) is 3.91. The van der Waals surface area contributed by atoms with Crippen LogP contribution in [-0.2, 0) is 0 Å². The average Bonchev–Trinajstić information content (AvgIpc) is 3.12. The van der Waals surface area contributed by atoms with E-state index in [4.69, 9.17) is 9.47 Å². The maximum Gasteiger partial charge on any atom is 0.191 e. The highest BCUT2D eigenvalue weighted by atomic mass is 16.5. The van der Waals surface area contributed by atoms with Gasteiger partial charge in [0.1, 0.15) is 17.6 Å². The molecule has 24 heavy (non-hydrogen) atoms. The first-order valence-corrected chi connectivity index (χ1v) is 8.27. The molecule has 1 aliphatic rings. The maximum atomic E-state index is 10.5. The lowest BCUT2D eigenvalue weighted by Gasteiger charge is -2.18. The first-order valence-electron chi connectivity index (χ1n) is 8.27. The van der Waals surface area contributed by atoms with Crippen LogP contribution in [-0.4, -0.2) is 44.4 Å². The van der Waals surface area contributed by atoms with Crippen molar-refractivity contribution in [3.63, 3.8) is 0 Å². The van der Waals surface area contributed by atoms with Gasteiger partial charge in [0.25, 0.3) is 0 Å². The van der Waals surface area contributed by atoms with Crippen LogP contribution in [0.2, 0.25) is 0 Å². The van der Waals surface area contributed by atoms with E-state index in [1.807, 2.05) is 6.92 Å². The van der Waals surface area contributed by atoms with Crippen LogP contribution in [0.4, 0.5) is 0 Å². The van der Waals surface area contributed by atoms with Gasteiger partial charge in [-0.15, -0.1) is 0 Å². The van der Waals surface area contributed by atoms with E-state index in [0.29, 0.717) is 29.1 Å². The summed E-state index contributed by atoms with van der Waals surface area (Å²) in [6, 6.07) is 5.73. The fraction of sp³-hybridized carbons (Fsp3) is 0.500. The molecule has 132 valence electrons. The molecule has 0 aromatic heterocycles. The van der Waals surface area contributed by atoms with E-state index in [1.165, 1.54) is 0 Å². The monoisotopic (exact) mass is 333 g/mol. The van der Waals surface area contributed by atoms with Crippen molar-refractivity contribution in [1.29, 1.82) is 0 Å². The van der Waals surface area contributed by atoms with E-state index in [9.17, 15) is 5.11 Å². The molecule has 1 atom stereocenters. The molecule has 1 unspecified atom stereocenters. The molecule has 0 radical (unpaired) electrons. The average molecular weight is 333 g/mol. The fourth-order valence-electron chi connectivity index (χ4n) is 2.62. The minimum Gasteiger partial charge on any atom is -0.497 e. The number of ether oxygens (including phenoxy) is 2. The SMILES string of the molecule is CCNC(=NCC(O)c1cc(OC)ccc1OC)NC1CC=CC1. The Balaban J connectivity index is 2.06. The summed E-state index contributed by atoms with van der Waals surface area (Å²) in [6.45, 7) is 3.02. The second-order valence-corrected chi connectivity index (χ2v) is 5.63. The van der Waals surface area contributed by atoms with Gasteiger partial charge in [-0.2, -0.15) is 0 Å². The quantitative estimate of drug-likeness (QED) is 0.404. The highest BCUT2D eigenvalue weighted by Gasteiger charge is 2.16. The molecule has 0 saturated carbocycles. The van der Waals surface area contributed by atoms with Gasteiger partial charge in [-0.25, -0.2) is 0 Å². The number of hydrogen-bond acceptors (Lipinski definition) is 4. The van der Waals surface area contributed by atoms with Crippen LogP contribution >= 0.6 is 0 Å². The molecule has 0 heterocycles. The zero-order chi connectivity index (χ0) is 17.4. The van der Waals surface area contributed by atoms with E-state index in [1.54, 1.807) is 32.4 Å². The summed E-state index contributed by atoms with van der Waals surface area (Å²) in [6.07, 6.45) is 5.55. The number of methoxy groups -OCH3 is 2. The summed E-state index contributed by atoms with van der Waals surface area (Å²) in [5.41, 5.74) is 0.666. The summed E-state index contributed by atoms with van der Waals surface area (Å²) in [5.74, 6) is 2.01. The van der Waals surface area contributed by atoms with Crippen molar-refractivity contribution in [3.8, 4) is 11.5 Å². The lowest BCUT2D eigenvalue weighted by atomic mass is 10.1. The van der Waals surface area contributed by atoms with Crippen molar-refractivity contribution in [2.24, 2.45) is 4.99 Å². The van der Waals surface area contributed by atoms with Crippen LogP contribution in [0.15, 0.2) is 35.3 Å². The molecule has 1 aliphatic carbocycles. The molecule has 0 amide bonds. The Kier molecular flexibility index (Phi) is 6.93. The smallest absolute Gasteiger partial charge is 0.191 e. The predicted molar refractivity (Wildman–Crippen MR) is 95.8 cm³/mol. The van der Waals surface area contributed by atoms with Crippen LogP contribution < -0.4 is 20.1 Å². The molecule has 6 nitrogen and oxygen atoms in total. The predicted octanol–water partition coefficient (Wildman–Crippen LogP) is 2.01. The molecule has 2 rings (SSSR count). The van der Waals surface area contributed by atoms with Crippen molar-refractivity contribution in [2.45, 2.75) is 31.9 Å². The van der Waals surface area contributed by atoms with Crippen LogP contribution in [0.5, 0.6) is 11.5 Å². The number of aliphatic imine (C=N–C) groups is 1. The lowest BCUT2D eigenvalue weighted by Crippen LogP contribution is -2.42. The molecule has 0 aliphatic heterocycles. The molecule has 0 spiro atoms. The van der Waals surface area contributed by atoms with Crippen molar-refractivity contribution in [3.05, 3.63) is 35.9 Å². The summed E-state index contributed by atoms with van der Waals surface area (Å²) in [4.78, 5) is 4.50. The standard InChI is InChI=1S/C18H27N3O3/c1-4-19-18(21-13-7-5-6-8-13)20-12-16(22)15-11-14(23-2)9-10-17(15)24-3/h5-6,9-11,13,16,22H,4,7-8,12H2,1-3H3,(H2,19,20,21). The highest BCUT2D eigenvalue weighted by Crippen LogP contribution is 2.29. The first-order chi connectivity index (χ1) is 11.7. The van der Waals surface area contributed by atoms with Gasteiger partial charge >= 0.3 is 0 Å². The second-order valence-electron chi connectivity index (χ2n) is 5.63. The minimum atomic E-state index is -0.771. The number of hydrogen-bond donors (Lipinski definition) is 3. The highest BCUT2D eigenvalue weighted by molar-refractivity contribution is 5.80. The first kappa shape index (κ1) is 18.1. The molecule has 1 aromatic rings. The lowest BCUT2D eigenvalue weighted by molar-refractivity contribution is 0.182. The fourth-order valence-corrected chi connectivity index (χ4v) is 2.62. The Bertz CT molecular complexity index is 579. The van der Waals surface area contributed by atoms with E-state index in [-0.39, 0.29) is 6.54 Å². The largest absolute Gasteiger partial charge is 0.497 e. The third-order valence-electron chi connectivity index (χ3n) is 3.91. The Morgan fingerprint density at radius 2 is 2.04 bits per heavy atom. The van der Waals surface area contributed by atoms with E-state index in [0.717, 1.165) is 19.4 Å². The summed E-state index contributed by atoms with van der Waals surface area (Å²) >= 11 is 0. The molecular formula is C18H27N3O3.